The van der Waals surface area contributed by atoms with E-state index in [4.69, 9.17) is 14.2 Å². The number of guanidine groups is 1. The van der Waals surface area contributed by atoms with Gasteiger partial charge in [0.15, 0.2) is 5.96 Å². The van der Waals surface area contributed by atoms with E-state index in [0.29, 0.717) is 36.2 Å². The summed E-state index contributed by atoms with van der Waals surface area (Å²) in [6.07, 6.45) is -0.776. The molecule has 0 aliphatic carbocycles. The van der Waals surface area contributed by atoms with Crippen LogP contribution >= 0.6 is 24.0 Å². The average molecular weight is 529 g/mol. The number of likely N-dealkylation sites (N-methyl/N-ethyl adjacent to an activating group) is 1. The quantitative estimate of drug-likeness (QED) is 0.280. The molecule has 0 saturated carbocycles. The lowest BCUT2D eigenvalue weighted by Gasteiger charge is -2.22. The van der Waals surface area contributed by atoms with Crippen LogP contribution in [0.1, 0.15) is 18.6 Å². The van der Waals surface area contributed by atoms with Crippen LogP contribution in [0.5, 0.6) is 17.2 Å². The predicted molar refractivity (Wildman–Crippen MR) is 130 cm³/mol. The number of rotatable bonds is 10. The minimum absolute atomic E-state index is 0. The van der Waals surface area contributed by atoms with Gasteiger partial charge < -0.3 is 29.5 Å². The molecule has 0 aliphatic heterocycles. The first-order valence-corrected chi connectivity index (χ1v) is 9.65. The van der Waals surface area contributed by atoms with Crippen molar-refractivity contribution < 1.29 is 19.3 Å². The van der Waals surface area contributed by atoms with Crippen LogP contribution in [0.25, 0.3) is 0 Å². The van der Waals surface area contributed by atoms with Crippen LogP contribution in [0, 0.1) is 0 Å². The van der Waals surface area contributed by atoms with E-state index < -0.39 is 6.10 Å². The Bertz CT molecular complexity index is 752. The lowest BCUT2D eigenvalue weighted by molar-refractivity contribution is 0.185. The monoisotopic (exact) mass is 529 g/mol. The number of hydrogen-bond donors (Lipinski definition) is 2. The average Bonchev–Trinajstić information content (AvgIpc) is 2.76. The highest BCUT2D eigenvalue weighted by molar-refractivity contribution is 14.0. The summed E-state index contributed by atoms with van der Waals surface area (Å²) in [5, 5.41) is 13.8. The highest BCUT2D eigenvalue weighted by Gasteiger charge is 2.13. The number of nitrogens with zero attached hydrogens (tertiary/aromatic N) is 2. The smallest absolute Gasteiger partial charge is 0.193 e. The van der Waals surface area contributed by atoms with E-state index in [0.717, 1.165) is 12.3 Å². The number of para-hydroxylation sites is 1. The van der Waals surface area contributed by atoms with Gasteiger partial charge in [0.1, 0.15) is 23.9 Å². The van der Waals surface area contributed by atoms with Crippen molar-refractivity contribution in [1.29, 1.82) is 0 Å². The molecule has 30 heavy (non-hydrogen) atoms. The van der Waals surface area contributed by atoms with Crippen LogP contribution in [0.3, 0.4) is 0 Å². The van der Waals surface area contributed by atoms with Crippen molar-refractivity contribution in [3.63, 3.8) is 0 Å². The minimum atomic E-state index is -0.776. The summed E-state index contributed by atoms with van der Waals surface area (Å²) >= 11 is 0. The molecule has 8 heteroatoms. The van der Waals surface area contributed by atoms with E-state index in [1.165, 1.54) is 0 Å². The van der Waals surface area contributed by atoms with Gasteiger partial charge in [0.2, 0.25) is 0 Å². The fraction of sp³-hybridized carbons (Fsp3) is 0.409. The summed E-state index contributed by atoms with van der Waals surface area (Å²) in [6.45, 7) is 4.13. The number of methoxy groups -OCH3 is 2. The van der Waals surface area contributed by atoms with E-state index in [1.54, 1.807) is 32.4 Å². The molecule has 0 heterocycles. The van der Waals surface area contributed by atoms with Crippen molar-refractivity contribution in [2.24, 2.45) is 4.99 Å². The number of hydrogen-bond acceptors (Lipinski definition) is 5. The third-order valence-corrected chi connectivity index (χ3v) is 4.31. The van der Waals surface area contributed by atoms with Crippen molar-refractivity contribution >= 4 is 29.9 Å². The molecule has 0 bridgehead atoms. The second kappa shape index (κ2) is 13.9. The molecule has 1 unspecified atom stereocenters. The van der Waals surface area contributed by atoms with Crippen molar-refractivity contribution in [2.75, 3.05) is 47.5 Å². The molecule has 0 amide bonds. The first-order chi connectivity index (χ1) is 14.1. The van der Waals surface area contributed by atoms with Gasteiger partial charge in [-0.2, -0.15) is 0 Å². The number of nitrogens with one attached hydrogen (secondary N) is 1. The van der Waals surface area contributed by atoms with Crippen LogP contribution < -0.4 is 19.5 Å². The van der Waals surface area contributed by atoms with Gasteiger partial charge in [0, 0.05) is 19.7 Å². The Morgan fingerprint density at radius 1 is 1.07 bits per heavy atom. The zero-order chi connectivity index (χ0) is 21.1. The van der Waals surface area contributed by atoms with Gasteiger partial charge in [-0.1, -0.05) is 18.2 Å². The van der Waals surface area contributed by atoms with Crippen molar-refractivity contribution in [1.82, 2.24) is 10.2 Å². The molecule has 0 aliphatic rings. The van der Waals surface area contributed by atoms with Gasteiger partial charge in [0.25, 0.3) is 0 Å². The van der Waals surface area contributed by atoms with E-state index in [-0.39, 0.29) is 30.5 Å². The zero-order valence-electron chi connectivity index (χ0n) is 18.0. The molecule has 0 fully saturated rings. The highest BCUT2D eigenvalue weighted by Crippen LogP contribution is 2.26. The van der Waals surface area contributed by atoms with Gasteiger partial charge in [-0.25, -0.2) is 0 Å². The number of halogens is 1. The molecule has 166 valence electrons. The third kappa shape index (κ3) is 8.27. The van der Waals surface area contributed by atoms with E-state index >= 15 is 0 Å². The van der Waals surface area contributed by atoms with Gasteiger partial charge >= 0.3 is 0 Å². The standard InChI is InChI=1S/C22H31N3O4.HI/c1-5-23-22(25(2)11-12-29-18-9-7-6-8-10-18)24-16-21(26)17-13-19(27-3)15-20(14-17)28-4;/h6-10,13-15,21,26H,5,11-12,16H2,1-4H3,(H,23,24);1H. The summed E-state index contributed by atoms with van der Waals surface area (Å²) in [5.41, 5.74) is 0.691. The number of benzene rings is 2. The molecule has 0 aromatic heterocycles. The maximum Gasteiger partial charge on any atom is 0.193 e. The molecular weight excluding hydrogens is 497 g/mol. The molecule has 2 rings (SSSR count). The van der Waals surface area contributed by atoms with Crippen LogP contribution in [0.2, 0.25) is 0 Å². The number of aliphatic hydroxyl groups is 1. The van der Waals surface area contributed by atoms with Gasteiger partial charge in [-0.05, 0) is 36.8 Å². The maximum atomic E-state index is 10.6. The lowest BCUT2D eigenvalue weighted by Crippen LogP contribution is -2.41. The predicted octanol–water partition coefficient (Wildman–Crippen LogP) is 3.33. The number of ether oxygens (including phenoxy) is 3. The molecular formula is C22H32IN3O4. The molecule has 2 aromatic rings. The van der Waals surface area contributed by atoms with Gasteiger partial charge in [-0.15, -0.1) is 24.0 Å². The van der Waals surface area contributed by atoms with Crippen LogP contribution in [-0.2, 0) is 0 Å². The number of aliphatic imine (C=N–C) groups is 1. The van der Waals surface area contributed by atoms with Crippen molar-refractivity contribution in [3.8, 4) is 17.2 Å². The van der Waals surface area contributed by atoms with Crippen molar-refractivity contribution in [3.05, 3.63) is 54.1 Å². The molecule has 7 nitrogen and oxygen atoms in total. The Balaban J connectivity index is 0.00000450. The second-order valence-electron chi connectivity index (χ2n) is 6.44. The molecule has 0 spiro atoms. The second-order valence-corrected chi connectivity index (χ2v) is 6.44. The third-order valence-electron chi connectivity index (χ3n) is 4.31. The Morgan fingerprint density at radius 2 is 1.70 bits per heavy atom. The van der Waals surface area contributed by atoms with Crippen LogP contribution in [0.15, 0.2) is 53.5 Å². The summed E-state index contributed by atoms with van der Waals surface area (Å²) < 4.78 is 16.3. The van der Waals surface area contributed by atoms with E-state index in [1.807, 2.05) is 49.2 Å². The van der Waals surface area contributed by atoms with E-state index in [9.17, 15) is 5.11 Å². The fourth-order valence-corrected chi connectivity index (χ4v) is 2.69. The Labute approximate surface area is 196 Å². The fourth-order valence-electron chi connectivity index (χ4n) is 2.69. The Morgan fingerprint density at radius 3 is 2.27 bits per heavy atom. The molecule has 0 radical (unpaired) electrons. The summed E-state index contributed by atoms with van der Waals surface area (Å²) in [5.74, 6) is 2.80. The summed E-state index contributed by atoms with van der Waals surface area (Å²) in [6, 6.07) is 15.0. The first kappa shape index (κ1) is 25.8. The molecule has 1 atom stereocenters. The zero-order valence-corrected chi connectivity index (χ0v) is 20.3. The molecule has 2 aromatic carbocycles. The lowest BCUT2D eigenvalue weighted by atomic mass is 10.1. The van der Waals surface area contributed by atoms with Gasteiger partial charge in [0.05, 0.1) is 33.4 Å². The number of aliphatic hydroxyl groups excluding tert-OH is 1. The topological polar surface area (TPSA) is 75.6 Å². The summed E-state index contributed by atoms with van der Waals surface area (Å²) in [7, 11) is 5.11. The Hall–Kier alpha value is -2.20. The van der Waals surface area contributed by atoms with Crippen LogP contribution in [0.4, 0.5) is 0 Å². The largest absolute Gasteiger partial charge is 0.497 e. The SMILES string of the molecule is CCNC(=NCC(O)c1cc(OC)cc(OC)c1)N(C)CCOc1ccccc1.I. The minimum Gasteiger partial charge on any atom is -0.497 e. The summed E-state index contributed by atoms with van der Waals surface area (Å²) in [4.78, 5) is 6.55. The normalized spacial score (nSPS) is 11.8. The van der Waals surface area contributed by atoms with Crippen molar-refractivity contribution in [2.45, 2.75) is 13.0 Å². The molecule has 0 saturated heterocycles. The maximum absolute atomic E-state index is 10.6. The highest BCUT2D eigenvalue weighted by atomic mass is 127. The van der Waals surface area contributed by atoms with Crippen LogP contribution in [-0.4, -0.2) is 63.5 Å². The first-order valence-electron chi connectivity index (χ1n) is 9.65. The van der Waals surface area contributed by atoms with E-state index in [2.05, 4.69) is 10.3 Å². The Kier molecular flexibility index (Phi) is 12.0. The van der Waals surface area contributed by atoms with Gasteiger partial charge in [-0.3, -0.25) is 4.99 Å². The molecule has 2 N–H and O–H groups in total.